The molecule has 2 aromatic heterocycles. The van der Waals surface area contributed by atoms with E-state index < -0.39 is 11.8 Å². The fourth-order valence-corrected chi connectivity index (χ4v) is 10.5. The number of hydrogen-bond acceptors (Lipinski definition) is 11. The molecule has 0 atom stereocenters. The first-order valence-corrected chi connectivity index (χ1v) is 31.2. The number of nitrogens with zero attached hydrogens (tertiary/aromatic N) is 5. The summed E-state index contributed by atoms with van der Waals surface area (Å²) >= 11 is 0. The number of carbonyl (C=O) groups excluding carboxylic acids is 2. The molecule has 4 N–H and O–H groups in total. The first-order valence-electron chi connectivity index (χ1n) is 31.2. The van der Waals surface area contributed by atoms with E-state index in [0.29, 0.717) is 67.6 Å². The second-order valence-electron chi connectivity index (χ2n) is 22.3. The lowest BCUT2D eigenvalue weighted by Gasteiger charge is -2.14. The number of primary amides is 2. The van der Waals surface area contributed by atoms with Crippen LogP contribution in [0.5, 0.6) is 17.2 Å². The van der Waals surface area contributed by atoms with Crippen LogP contribution in [-0.2, 0) is 30.9 Å². The monoisotopic (exact) mass is 1150 g/mol. The first kappa shape index (κ1) is 64.5. The van der Waals surface area contributed by atoms with Gasteiger partial charge in [0, 0.05) is 41.9 Å². The van der Waals surface area contributed by atoms with Crippen LogP contribution in [0.1, 0.15) is 234 Å². The molecule has 0 spiro atoms. The number of carbonyl (C=O) groups is 2. The molecule has 4 aromatic carbocycles. The van der Waals surface area contributed by atoms with Gasteiger partial charge in [0.1, 0.15) is 34.3 Å². The Labute approximate surface area is 503 Å². The minimum Gasteiger partial charge on any atom is -0.494 e. The number of unbranched alkanes of at least 4 members (excludes halogenated alkanes) is 21. The Bertz CT molecular complexity index is 3190. The van der Waals surface area contributed by atoms with E-state index in [1.165, 1.54) is 108 Å². The van der Waals surface area contributed by atoms with Crippen molar-refractivity contribution in [2.24, 2.45) is 11.5 Å². The smallest absolute Gasteiger partial charge is 0.269 e. The van der Waals surface area contributed by atoms with E-state index in [0.717, 1.165) is 109 Å². The van der Waals surface area contributed by atoms with Crippen molar-refractivity contribution in [3.8, 4) is 52.1 Å². The van der Waals surface area contributed by atoms with E-state index in [2.05, 4.69) is 65.0 Å². The van der Waals surface area contributed by atoms with Crippen LogP contribution in [0.3, 0.4) is 0 Å². The van der Waals surface area contributed by atoms with Gasteiger partial charge in [-0.05, 0) is 109 Å². The molecule has 85 heavy (non-hydrogen) atoms. The molecule has 0 saturated carbocycles. The molecule has 0 fully saturated rings. The van der Waals surface area contributed by atoms with Crippen molar-refractivity contribution in [2.75, 3.05) is 19.8 Å². The summed E-state index contributed by atoms with van der Waals surface area (Å²) in [6, 6.07) is 25.8. The normalized spacial score (nSPS) is 11.3. The summed E-state index contributed by atoms with van der Waals surface area (Å²) in [4.78, 5) is 39.2. The highest BCUT2D eigenvalue weighted by Crippen LogP contribution is 2.39. The summed E-state index contributed by atoms with van der Waals surface area (Å²) in [6.07, 6.45) is 30.8. The van der Waals surface area contributed by atoms with Gasteiger partial charge in [-0.15, -0.1) is 5.10 Å². The number of fused-ring (bicyclic) bond motifs is 3. The minimum atomic E-state index is -0.792. The lowest BCUT2D eigenvalue weighted by atomic mass is 10.0. The molecule has 0 radical (unpaired) electrons. The topological polar surface area (TPSA) is 210 Å². The molecule has 2 amide bonds. The zero-order chi connectivity index (χ0) is 59.9. The van der Waals surface area contributed by atoms with Crippen molar-refractivity contribution in [3.05, 3.63) is 157 Å². The van der Waals surface area contributed by atoms with Gasteiger partial charge in [-0.1, -0.05) is 183 Å². The highest BCUT2D eigenvalue weighted by molar-refractivity contribution is 5.95. The van der Waals surface area contributed by atoms with Crippen molar-refractivity contribution in [2.45, 2.75) is 194 Å². The molecular weight excluding hydrogens is 1070 g/mol. The number of nitrogens with two attached hydrogens (primary N) is 2. The fraction of sp³-hybridized carbons (Fsp3) is 0.471. The first-order chi connectivity index (χ1) is 41.6. The zero-order valence-corrected chi connectivity index (χ0v) is 50.2. The molecule has 2 heterocycles. The number of amides is 2. The van der Waals surface area contributed by atoms with Crippen LogP contribution in [0.4, 0.5) is 5.69 Å². The Kier molecular flexibility index (Phi) is 27.3. The van der Waals surface area contributed by atoms with Crippen LogP contribution in [0, 0.1) is 33.8 Å². The number of non-ortho nitro benzene ring substituents is 1. The molecule has 450 valence electrons. The van der Waals surface area contributed by atoms with Crippen molar-refractivity contribution >= 4 is 17.5 Å². The highest BCUT2D eigenvalue weighted by atomic mass is 16.6. The molecule has 0 unspecified atom stereocenters. The van der Waals surface area contributed by atoms with E-state index >= 15 is 0 Å². The molecule has 6 aromatic rings. The largest absolute Gasteiger partial charge is 0.494 e. The lowest BCUT2D eigenvalue weighted by Crippen LogP contribution is -2.19. The Morgan fingerprint density at radius 2 is 1.05 bits per heavy atom. The van der Waals surface area contributed by atoms with Gasteiger partial charge in [0.2, 0.25) is 0 Å². The number of rotatable bonds is 39. The third-order valence-corrected chi connectivity index (χ3v) is 15.3. The van der Waals surface area contributed by atoms with E-state index in [1.807, 2.05) is 59.4 Å². The van der Waals surface area contributed by atoms with Gasteiger partial charge < -0.3 is 30.4 Å². The summed E-state index contributed by atoms with van der Waals surface area (Å²) in [6.45, 7) is 7.68. The van der Waals surface area contributed by atoms with E-state index in [1.54, 1.807) is 12.1 Å². The Balaban J connectivity index is 0.910. The molecule has 0 aliphatic heterocycles. The van der Waals surface area contributed by atoms with Gasteiger partial charge in [-0.2, -0.15) is 0 Å². The summed E-state index contributed by atoms with van der Waals surface area (Å²) < 4.78 is 27.0. The summed E-state index contributed by atoms with van der Waals surface area (Å²) in [5.41, 5.74) is 19.6. The quantitative estimate of drug-likeness (QED) is 0.0160. The Morgan fingerprint density at radius 3 is 1.59 bits per heavy atom. The van der Waals surface area contributed by atoms with Crippen LogP contribution in [0.2, 0.25) is 0 Å². The molecule has 0 saturated heterocycles. The van der Waals surface area contributed by atoms with Crippen LogP contribution in [-0.4, -0.2) is 56.5 Å². The standard InChI is InChI=1S/C70H87N7O8/c1-3-5-7-9-11-13-15-17-20-25-41-84-67-49-57(33-28-54-44-65(69(71)78)73-66(45-54)70(72)79)68(85-42-26-21-18-16-14-12-10-8-6-4-2)48-56(67)32-27-53-29-35-62(36-30-53)83-40-24-22-19-23-39-76-50-60(74-75-76)52-82-51-55-31-37-63-58(43-55)46-59-47-61(77(80)81)34-38-64(59)63/h29-31,34-38,43-45,47-50H,3-26,39-42,46,51-52H2,1-2H3,(H2,71,78)(H2,72,79). The van der Waals surface area contributed by atoms with Crippen molar-refractivity contribution in [3.63, 3.8) is 0 Å². The van der Waals surface area contributed by atoms with E-state index in [4.69, 9.17) is 30.4 Å². The number of hydrogen-bond donors (Lipinski definition) is 2. The second kappa shape index (κ2) is 36.0. The van der Waals surface area contributed by atoms with Crippen molar-refractivity contribution in [1.29, 1.82) is 0 Å². The molecule has 15 heteroatoms. The van der Waals surface area contributed by atoms with Crippen LogP contribution in [0.25, 0.3) is 11.1 Å². The maximum atomic E-state index is 12.1. The third kappa shape index (κ3) is 22.2. The van der Waals surface area contributed by atoms with Crippen LogP contribution < -0.4 is 25.7 Å². The van der Waals surface area contributed by atoms with Gasteiger partial charge in [-0.3, -0.25) is 24.4 Å². The van der Waals surface area contributed by atoms with Gasteiger partial charge in [0.05, 0.1) is 55.3 Å². The SMILES string of the molecule is CCCCCCCCCCCCOc1cc(C#Cc2cc(C(N)=O)nc(C(N)=O)c2)c(OCCCCCCCCCCCC)cc1C#Cc1ccc(OCCCCCCn2cc(COCc3ccc4c(c3)Cc3cc([N+](=O)[O-])ccc3-4)nn2)cc1. The number of pyridine rings is 1. The molecule has 0 bridgehead atoms. The van der Waals surface area contributed by atoms with Crippen molar-refractivity contribution < 1.29 is 33.5 Å². The molecule has 1 aliphatic carbocycles. The maximum absolute atomic E-state index is 12.1. The number of nitro benzene ring substituents is 1. The van der Waals surface area contributed by atoms with Crippen LogP contribution >= 0.6 is 0 Å². The van der Waals surface area contributed by atoms with Gasteiger partial charge >= 0.3 is 0 Å². The molecule has 1 aliphatic rings. The summed E-state index contributed by atoms with van der Waals surface area (Å²) in [7, 11) is 0. The fourth-order valence-electron chi connectivity index (χ4n) is 10.5. The third-order valence-electron chi connectivity index (χ3n) is 15.3. The van der Waals surface area contributed by atoms with Crippen molar-refractivity contribution in [1.82, 2.24) is 20.0 Å². The molecule has 15 nitrogen and oxygen atoms in total. The van der Waals surface area contributed by atoms with E-state index in [-0.39, 0.29) is 22.0 Å². The van der Waals surface area contributed by atoms with Gasteiger partial charge in [-0.25, -0.2) is 4.98 Å². The average molecular weight is 1150 g/mol. The van der Waals surface area contributed by atoms with Gasteiger partial charge in [0.15, 0.2) is 0 Å². The number of aromatic nitrogens is 4. The predicted octanol–water partition coefficient (Wildman–Crippen LogP) is 15.1. The van der Waals surface area contributed by atoms with Crippen LogP contribution in [0.15, 0.2) is 91.1 Å². The highest BCUT2D eigenvalue weighted by Gasteiger charge is 2.22. The predicted molar refractivity (Wildman–Crippen MR) is 335 cm³/mol. The van der Waals surface area contributed by atoms with E-state index in [9.17, 15) is 19.7 Å². The molecule has 7 rings (SSSR count). The number of nitro groups is 1. The summed E-state index contributed by atoms with van der Waals surface area (Å²) in [5.74, 6) is 13.4. The minimum absolute atomic E-state index is 0.104. The Morgan fingerprint density at radius 1 is 0.553 bits per heavy atom. The molecular formula is C70H87N7O8. The second-order valence-corrected chi connectivity index (χ2v) is 22.3. The number of ether oxygens (including phenoxy) is 4. The number of aryl methyl sites for hydroxylation is 1. The summed E-state index contributed by atoms with van der Waals surface area (Å²) in [5, 5.41) is 19.9. The maximum Gasteiger partial charge on any atom is 0.269 e. The number of benzene rings is 4. The average Bonchev–Trinajstić information content (AvgIpc) is 3.46. The lowest BCUT2D eigenvalue weighted by molar-refractivity contribution is -0.384. The Hall–Kier alpha value is -8.01. The zero-order valence-electron chi connectivity index (χ0n) is 50.2. The van der Waals surface area contributed by atoms with Gasteiger partial charge in [0.25, 0.3) is 17.5 Å².